The first-order valence-electron chi connectivity index (χ1n) is 3.77. The summed E-state index contributed by atoms with van der Waals surface area (Å²) in [7, 11) is 0. The molecular weight excluding hydrogens is 216 g/mol. The second-order valence-corrected chi connectivity index (χ2v) is 3.49. The first-order chi connectivity index (χ1) is 5.74. The van der Waals surface area contributed by atoms with Crippen LogP contribution >= 0.6 is 15.9 Å². The molecule has 1 aromatic rings. The monoisotopic (exact) mass is 226 g/mol. The van der Waals surface area contributed by atoms with Gasteiger partial charge in [0.05, 0.1) is 6.61 Å². The highest BCUT2D eigenvalue weighted by Gasteiger charge is 1.93. The van der Waals surface area contributed by atoms with Gasteiger partial charge >= 0.3 is 0 Å². The molecule has 0 unspecified atom stereocenters. The van der Waals surface area contributed by atoms with Gasteiger partial charge in [0.15, 0.2) is 0 Å². The molecule has 0 saturated carbocycles. The Morgan fingerprint density at radius 1 is 1.42 bits per heavy atom. The smallest absolute Gasteiger partial charge is 0.0618 e. The molecule has 0 saturated heterocycles. The normalized spacial score (nSPS) is 11.8. The maximum Gasteiger partial charge on any atom is 0.0618 e. The van der Waals surface area contributed by atoms with Crippen molar-refractivity contribution in [1.29, 1.82) is 0 Å². The van der Waals surface area contributed by atoms with Gasteiger partial charge in [0.25, 0.3) is 0 Å². The minimum absolute atomic E-state index is 0.0991. The van der Waals surface area contributed by atoms with Crippen molar-refractivity contribution in [2.45, 2.75) is 6.92 Å². The quantitative estimate of drug-likeness (QED) is 0.823. The Morgan fingerprint density at radius 3 is 2.50 bits per heavy atom. The second kappa shape index (κ2) is 4.43. The molecule has 0 heterocycles. The lowest BCUT2D eigenvalue weighted by Gasteiger charge is -2.00. The van der Waals surface area contributed by atoms with E-state index in [1.54, 1.807) is 6.08 Å². The summed E-state index contributed by atoms with van der Waals surface area (Å²) in [5, 5.41) is 8.67. The van der Waals surface area contributed by atoms with Crippen LogP contribution in [0.4, 0.5) is 0 Å². The van der Waals surface area contributed by atoms with E-state index in [1.165, 1.54) is 0 Å². The van der Waals surface area contributed by atoms with Crippen molar-refractivity contribution in [3.05, 3.63) is 40.4 Å². The molecule has 0 aliphatic heterocycles. The van der Waals surface area contributed by atoms with Gasteiger partial charge in [0.1, 0.15) is 0 Å². The SMILES string of the molecule is C/C(=C\CO)c1ccc(Br)cc1. The maximum atomic E-state index is 8.67. The van der Waals surface area contributed by atoms with E-state index < -0.39 is 0 Å². The number of halogens is 1. The van der Waals surface area contributed by atoms with E-state index >= 15 is 0 Å². The third kappa shape index (κ3) is 2.47. The summed E-state index contributed by atoms with van der Waals surface area (Å²) in [6, 6.07) is 8.02. The summed E-state index contributed by atoms with van der Waals surface area (Å²) >= 11 is 3.36. The minimum atomic E-state index is 0.0991. The highest BCUT2D eigenvalue weighted by Crippen LogP contribution is 2.16. The maximum absolute atomic E-state index is 8.67. The number of aliphatic hydroxyl groups excluding tert-OH is 1. The molecule has 1 nitrogen and oxygen atoms in total. The predicted octanol–water partition coefficient (Wildman–Crippen LogP) is 2.84. The first kappa shape index (κ1) is 9.49. The van der Waals surface area contributed by atoms with Crippen LogP contribution in [0.15, 0.2) is 34.8 Å². The van der Waals surface area contributed by atoms with E-state index in [9.17, 15) is 0 Å². The molecule has 0 aromatic heterocycles. The molecule has 0 radical (unpaired) electrons. The molecule has 0 amide bonds. The number of hydrogen-bond acceptors (Lipinski definition) is 1. The molecule has 0 bridgehead atoms. The fourth-order valence-corrected chi connectivity index (χ4v) is 1.23. The molecule has 1 rings (SSSR count). The molecule has 1 aromatic carbocycles. The fourth-order valence-electron chi connectivity index (χ4n) is 0.968. The molecule has 0 aliphatic rings. The van der Waals surface area contributed by atoms with Crippen molar-refractivity contribution >= 4 is 21.5 Å². The predicted molar refractivity (Wildman–Crippen MR) is 54.9 cm³/mol. The van der Waals surface area contributed by atoms with Crippen LogP contribution in [0.25, 0.3) is 5.57 Å². The standard InChI is InChI=1S/C10H11BrO/c1-8(6-7-12)9-2-4-10(11)5-3-9/h2-6,12H,7H2,1H3/b8-6+. The Balaban J connectivity index is 2.89. The summed E-state index contributed by atoms with van der Waals surface area (Å²) < 4.78 is 1.07. The van der Waals surface area contributed by atoms with Crippen LogP contribution in [0.1, 0.15) is 12.5 Å². The van der Waals surface area contributed by atoms with Crippen LogP contribution in [0.3, 0.4) is 0 Å². The highest BCUT2D eigenvalue weighted by atomic mass is 79.9. The minimum Gasteiger partial charge on any atom is -0.392 e. The van der Waals surface area contributed by atoms with Gasteiger partial charge in [-0.2, -0.15) is 0 Å². The number of allylic oxidation sites excluding steroid dienone is 1. The number of hydrogen-bond donors (Lipinski definition) is 1. The van der Waals surface area contributed by atoms with Gasteiger partial charge in [0.2, 0.25) is 0 Å². The average molecular weight is 227 g/mol. The molecule has 0 spiro atoms. The van der Waals surface area contributed by atoms with Crippen molar-refractivity contribution in [1.82, 2.24) is 0 Å². The van der Waals surface area contributed by atoms with Crippen molar-refractivity contribution in [3.8, 4) is 0 Å². The lowest BCUT2D eigenvalue weighted by molar-refractivity contribution is 0.343. The molecule has 0 atom stereocenters. The van der Waals surface area contributed by atoms with Crippen LogP contribution < -0.4 is 0 Å². The summed E-state index contributed by atoms with van der Waals surface area (Å²) in [5.74, 6) is 0. The summed E-state index contributed by atoms with van der Waals surface area (Å²) in [5.41, 5.74) is 2.25. The Bertz CT molecular complexity index is 274. The van der Waals surface area contributed by atoms with Crippen LogP contribution in [0, 0.1) is 0 Å². The molecular formula is C10H11BrO. The molecule has 0 aliphatic carbocycles. The zero-order valence-electron chi connectivity index (χ0n) is 6.92. The Kier molecular flexibility index (Phi) is 3.50. The molecule has 2 heteroatoms. The van der Waals surface area contributed by atoms with Gasteiger partial charge in [0, 0.05) is 4.47 Å². The van der Waals surface area contributed by atoms with Crippen LogP contribution in [-0.2, 0) is 0 Å². The largest absolute Gasteiger partial charge is 0.392 e. The van der Waals surface area contributed by atoms with Crippen LogP contribution in [-0.4, -0.2) is 11.7 Å². The van der Waals surface area contributed by atoms with Crippen LogP contribution in [0.2, 0.25) is 0 Å². The number of benzene rings is 1. The van der Waals surface area contributed by atoms with Crippen molar-refractivity contribution in [3.63, 3.8) is 0 Å². The summed E-state index contributed by atoms with van der Waals surface area (Å²) in [6.45, 7) is 2.08. The first-order valence-corrected chi connectivity index (χ1v) is 4.57. The Hall–Kier alpha value is -0.600. The highest BCUT2D eigenvalue weighted by molar-refractivity contribution is 9.10. The van der Waals surface area contributed by atoms with Gasteiger partial charge in [-0.05, 0) is 30.2 Å². The lowest BCUT2D eigenvalue weighted by Crippen LogP contribution is -1.81. The lowest BCUT2D eigenvalue weighted by atomic mass is 10.1. The van der Waals surface area contributed by atoms with Crippen molar-refractivity contribution < 1.29 is 5.11 Å². The number of rotatable bonds is 2. The van der Waals surface area contributed by atoms with Crippen molar-refractivity contribution in [2.24, 2.45) is 0 Å². The Labute approximate surface area is 80.9 Å². The second-order valence-electron chi connectivity index (χ2n) is 2.58. The summed E-state index contributed by atoms with van der Waals surface area (Å²) in [6.07, 6.45) is 1.79. The Morgan fingerprint density at radius 2 is 2.00 bits per heavy atom. The van der Waals surface area contributed by atoms with Gasteiger partial charge < -0.3 is 5.11 Å². The van der Waals surface area contributed by atoms with Gasteiger partial charge in [-0.15, -0.1) is 0 Å². The van der Waals surface area contributed by atoms with Gasteiger partial charge in [-0.25, -0.2) is 0 Å². The zero-order chi connectivity index (χ0) is 8.97. The molecule has 0 fully saturated rings. The van der Waals surface area contributed by atoms with E-state index in [1.807, 2.05) is 31.2 Å². The summed E-state index contributed by atoms with van der Waals surface area (Å²) in [4.78, 5) is 0. The van der Waals surface area contributed by atoms with E-state index in [-0.39, 0.29) is 6.61 Å². The van der Waals surface area contributed by atoms with Crippen molar-refractivity contribution in [2.75, 3.05) is 6.61 Å². The zero-order valence-corrected chi connectivity index (χ0v) is 8.51. The average Bonchev–Trinajstić information content (AvgIpc) is 2.06. The van der Waals surface area contributed by atoms with Gasteiger partial charge in [-0.3, -0.25) is 0 Å². The fraction of sp³-hybridized carbons (Fsp3) is 0.200. The number of aliphatic hydroxyl groups is 1. The topological polar surface area (TPSA) is 20.2 Å². The van der Waals surface area contributed by atoms with Crippen LogP contribution in [0.5, 0.6) is 0 Å². The third-order valence-electron chi connectivity index (χ3n) is 1.70. The van der Waals surface area contributed by atoms with E-state index in [0.29, 0.717) is 0 Å². The third-order valence-corrected chi connectivity index (χ3v) is 2.23. The van der Waals surface area contributed by atoms with E-state index in [0.717, 1.165) is 15.6 Å². The molecule has 1 N–H and O–H groups in total. The van der Waals surface area contributed by atoms with Gasteiger partial charge in [-0.1, -0.05) is 34.1 Å². The molecule has 64 valence electrons. The van der Waals surface area contributed by atoms with E-state index in [4.69, 9.17) is 5.11 Å². The van der Waals surface area contributed by atoms with E-state index in [2.05, 4.69) is 15.9 Å². The molecule has 12 heavy (non-hydrogen) atoms.